The van der Waals surface area contributed by atoms with Crippen molar-refractivity contribution in [2.24, 2.45) is 0 Å². The van der Waals surface area contributed by atoms with Crippen molar-refractivity contribution in [1.82, 2.24) is 0 Å². The van der Waals surface area contributed by atoms with Crippen molar-refractivity contribution < 1.29 is 9.90 Å². The van der Waals surface area contributed by atoms with Crippen molar-refractivity contribution in [2.75, 3.05) is 0 Å². The average Bonchev–Trinajstić information content (AvgIpc) is 2.25. The molecule has 1 aromatic carbocycles. The Labute approximate surface area is 95.0 Å². The Morgan fingerprint density at radius 3 is 2.67 bits per heavy atom. The zero-order valence-electron chi connectivity index (χ0n) is 8.34. The van der Waals surface area contributed by atoms with E-state index in [0.717, 1.165) is 12.0 Å². The van der Waals surface area contributed by atoms with Gasteiger partial charge in [0.25, 0.3) is 0 Å². The lowest BCUT2D eigenvalue weighted by Gasteiger charge is -2.01. The molecule has 80 valence electrons. The fourth-order valence-corrected chi connectivity index (χ4v) is 1.31. The number of hydrogen-bond acceptors (Lipinski definition) is 2. The highest BCUT2D eigenvalue weighted by molar-refractivity contribution is 7.81. The van der Waals surface area contributed by atoms with Gasteiger partial charge < -0.3 is 5.11 Å². The Balaban J connectivity index is 2.32. The van der Waals surface area contributed by atoms with Gasteiger partial charge in [0, 0.05) is 0 Å². The quantitative estimate of drug-likeness (QED) is 0.752. The first-order valence-corrected chi connectivity index (χ1v) is 5.34. The number of allylic oxidation sites excluding steroid dienone is 1. The molecule has 0 aromatic heterocycles. The minimum Gasteiger partial charge on any atom is -0.480 e. The van der Waals surface area contributed by atoms with Gasteiger partial charge in [-0.15, -0.1) is 0 Å². The number of rotatable bonds is 5. The number of carbonyl (C=O) groups is 1. The summed E-state index contributed by atoms with van der Waals surface area (Å²) in [5, 5.41) is 8.03. The molecule has 0 fully saturated rings. The zero-order chi connectivity index (χ0) is 11.1. The minimum absolute atomic E-state index is 0.557. The van der Waals surface area contributed by atoms with Crippen LogP contribution in [0.1, 0.15) is 18.4 Å². The first kappa shape index (κ1) is 11.9. The maximum atomic E-state index is 10.5. The van der Waals surface area contributed by atoms with E-state index in [9.17, 15) is 4.79 Å². The summed E-state index contributed by atoms with van der Waals surface area (Å²) in [6, 6.07) is 9.92. The van der Waals surface area contributed by atoms with Crippen LogP contribution in [0.25, 0.3) is 6.08 Å². The predicted molar refractivity (Wildman–Crippen MR) is 65.1 cm³/mol. The zero-order valence-corrected chi connectivity index (χ0v) is 9.23. The molecule has 1 rings (SSSR count). The summed E-state index contributed by atoms with van der Waals surface area (Å²) in [4.78, 5) is 10.5. The van der Waals surface area contributed by atoms with Crippen LogP contribution in [0.15, 0.2) is 36.4 Å². The van der Waals surface area contributed by atoms with Crippen molar-refractivity contribution in [3.05, 3.63) is 42.0 Å². The van der Waals surface area contributed by atoms with Crippen LogP contribution in [0.3, 0.4) is 0 Å². The number of aliphatic carboxylic acids is 1. The molecule has 0 aliphatic rings. The SMILES string of the molecule is O=C(O)C(S)CCC=Cc1ccccc1. The monoisotopic (exact) mass is 222 g/mol. The molecule has 0 saturated carbocycles. The lowest BCUT2D eigenvalue weighted by atomic mass is 10.1. The van der Waals surface area contributed by atoms with E-state index in [1.165, 1.54) is 0 Å². The van der Waals surface area contributed by atoms with Gasteiger partial charge in [-0.05, 0) is 18.4 Å². The lowest BCUT2D eigenvalue weighted by molar-refractivity contribution is -0.136. The highest BCUT2D eigenvalue weighted by atomic mass is 32.1. The largest absolute Gasteiger partial charge is 0.480 e. The van der Waals surface area contributed by atoms with Crippen LogP contribution >= 0.6 is 12.6 Å². The van der Waals surface area contributed by atoms with E-state index in [0.29, 0.717) is 6.42 Å². The first-order valence-electron chi connectivity index (χ1n) is 4.82. The third-order valence-electron chi connectivity index (χ3n) is 2.00. The van der Waals surface area contributed by atoms with Crippen LogP contribution in [0, 0.1) is 0 Å². The smallest absolute Gasteiger partial charge is 0.316 e. The molecule has 0 amide bonds. The van der Waals surface area contributed by atoms with E-state index >= 15 is 0 Å². The van der Waals surface area contributed by atoms with E-state index in [4.69, 9.17) is 5.11 Å². The van der Waals surface area contributed by atoms with Gasteiger partial charge in [-0.2, -0.15) is 12.6 Å². The van der Waals surface area contributed by atoms with E-state index < -0.39 is 11.2 Å². The summed E-state index contributed by atoms with van der Waals surface area (Å²) in [5.41, 5.74) is 1.13. The van der Waals surface area contributed by atoms with Gasteiger partial charge >= 0.3 is 5.97 Å². The van der Waals surface area contributed by atoms with Gasteiger partial charge in [0.2, 0.25) is 0 Å². The molecule has 0 aliphatic heterocycles. The molecular formula is C12H14O2S. The molecule has 1 N–H and O–H groups in total. The third-order valence-corrected chi connectivity index (χ3v) is 2.48. The average molecular weight is 222 g/mol. The highest BCUT2D eigenvalue weighted by Gasteiger charge is 2.09. The molecule has 0 radical (unpaired) electrons. The van der Waals surface area contributed by atoms with Crippen LogP contribution < -0.4 is 0 Å². The van der Waals surface area contributed by atoms with Crippen LogP contribution in [0.4, 0.5) is 0 Å². The molecule has 0 spiro atoms. The molecule has 0 saturated heterocycles. The van der Waals surface area contributed by atoms with E-state index in [1.807, 2.05) is 42.5 Å². The highest BCUT2D eigenvalue weighted by Crippen LogP contribution is 2.08. The van der Waals surface area contributed by atoms with Gasteiger partial charge in [-0.25, -0.2) is 0 Å². The number of thiol groups is 1. The number of hydrogen-bond donors (Lipinski definition) is 2. The standard InChI is InChI=1S/C12H14O2S/c13-12(14)11(15)9-5-4-8-10-6-2-1-3-7-10/h1-4,6-8,11,15H,5,9H2,(H,13,14). The van der Waals surface area contributed by atoms with Crippen molar-refractivity contribution in [1.29, 1.82) is 0 Å². The molecule has 0 heterocycles. The summed E-state index contributed by atoms with van der Waals surface area (Å²) in [6.07, 6.45) is 5.25. The van der Waals surface area contributed by atoms with Crippen LogP contribution in [0.5, 0.6) is 0 Å². The molecule has 15 heavy (non-hydrogen) atoms. The Hall–Kier alpha value is -1.22. The van der Waals surface area contributed by atoms with Crippen molar-refractivity contribution >= 4 is 24.7 Å². The van der Waals surface area contributed by atoms with Crippen molar-refractivity contribution in [3.63, 3.8) is 0 Å². The van der Waals surface area contributed by atoms with Crippen LogP contribution in [-0.2, 0) is 4.79 Å². The Morgan fingerprint density at radius 2 is 2.07 bits per heavy atom. The van der Waals surface area contributed by atoms with Crippen molar-refractivity contribution in [2.45, 2.75) is 18.1 Å². The van der Waals surface area contributed by atoms with Crippen molar-refractivity contribution in [3.8, 4) is 0 Å². The molecular weight excluding hydrogens is 208 g/mol. The topological polar surface area (TPSA) is 37.3 Å². The first-order chi connectivity index (χ1) is 7.20. The molecule has 1 unspecified atom stereocenters. The molecule has 0 bridgehead atoms. The second-order valence-corrected chi connectivity index (χ2v) is 3.87. The number of carboxylic acids is 1. The number of carboxylic acid groups (broad SMARTS) is 1. The summed E-state index contributed by atoms with van der Waals surface area (Å²) in [6.45, 7) is 0. The summed E-state index contributed by atoms with van der Waals surface area (Å²) >= 11 is 3.95. The maximum absolute atomic E-state index is 10.5. The van der Waals surface area contributed by atoms with Gasteiger partial charge in [-0.3, -0.25) is 4.79 Å². The third kappa shape index (κ3) is 4.70. The summed E-state index contributed by atoms with van der Waals surface area (Å²) < 4.78 is 0. The fourth-order valence-electron chi connectivity index (χ4n) is 1.16. The number of benzene rings is 1. The molecule has 1 atom stereocenters. The van der Waals surface area contributed by atoms with Crippen LogP contribution in [0.2, 0.25) is 0 Å². The Bertz CT molecular complexity index is 333. The molecule has 0 aliphatic carbocycles. The van der Waals surface area contributed by atoms with E-state index in [2.05, 4.69) is 12.6 Å². The van der Waals surface area contributed by atoms with Gasteiger partial charge in [0.1, 0.15) is 0 Å². The van der Waals surface area contributed by atoms with E-state index in [-0.39, 0.29) is 0 Å². The summed E-state index contributed by atoms with van der Waals surface area (Å²) in [7, 11) is 0. The predicted octanol–water partition coefficient (Wildman–Crippen LogP) is 2.86. The van der Waals surface area contributed by atoms with Crippen LogP contribution in [-0.4, -0.2) is 16.3 Å². The maximum Gasteiger partial charge on any atom is 0.316 e. The van der Waals surface area contributed by atoms with Gasteiger partial charge in [0.05, 0.1) is 5.25 Å². The van der Waals surface area contributed by atoms with E-state index in [1.54, 1.807) is 0 Å². The molecule has 3 heteroatoms. The Kier molecular flexibility index (Phi) is 4.98. The second-order valence-electron chi connectivity index (χ2n) is 3.24. The molecule has 1 aromatic rings. The van der Waals surface area contributed by atoms with Gasteiger partial charge in [-0.1, -0.05) is 42.5 Å². The minimum atomic E-state index is -0.855. The normalized spacial score (nSPS) is 12.9. The fraction of sp³-hybridized carbons (Fsp3) is 0.250. The summed E-state index contributed by atoms with van der Waals surface area (Å²) in [5.74, 6) is -0.855. The lowest BCUT2D eigenvalue weighted by Crippen LogP contribution is -2.12. The molecule has 2 nitrogen and oxygen atoms in total. The second kappa shape index (κ2) is 6.30. The Morgan fingerprint density at radius 1 is 1.40 bits per heavy atom. The van der Waals surface area contributed by atoms with Gasteiger partial charge in [0.15, 0.2) is 0 Å².